The summed E-state index contributed by atoms with van der Waals surface area (Å²) in [4.78, 5) is 4.87. The molecule has 1 fully saturated rings. The lowest BCUT2D eigenvalue weighted by Gasteiger charge is -2.51. The van der Waals surface area contributed by atoms with Gasteiger partial charge < -0.3 is 9.80 Å². The smallest absolute Gasteiger partial charge is 0.0540 e. The molecule has 61 heavy (non-hydrogen) atoms. The highest BCUT2D eigenvalue weighted by Gasteiger charge is 2.48. The van der Waals surface area contributed by atoms with Gasteiger partial charge in [0.1, 0.15) is 0 Å². The highest BCUT2D eigenvalue weighted by molar-refractivity contribution is 5.99. The zero-order chi connectivity index (χ0) is 41.8. The molecular formula is C59H56N2. The Labute approximate surface area is 363 Å². The Hall–Kier alpha value is -6.38. The number of nitrogens with zero attached hydrogens (tertiary/aromatic N) is 2. The van der Waals surface area contributed by atoms with Crippen LogP contribution in [0.2, 0.25) is 0 Å². The standard InChI is InChI=1S/C59H56N2/c1-57(2,3)56-29-16-17-40-59(56,44-32-36-48(37-33-44)61(46-23-10-7-11-24-46)55-28-18-20-42-19-12-13-25-50(42)55)43-30-34-47(35-31-43)60(45-21-8-6-9-22-45)49-38-39-52-51-26-14-15-27-53(51)58(4,5)54(52)41-49/h6-15,18-28,30-39,41,56H,16-17,29,40H2,1-5H3. The van der Waals surface area contributed by atoms with Crippen LogP contribution in [0.15, 0.2) is 194 Å². The minimum absolute atomic E-state index is 0.0773. The summed E-state index contributed by atoms with van der Waals surface area (Å²) < 4.78 is 0. The van der Waals surface area contributed by atoms with Gasteiger partial charge in [0.2, 0.25) is 0 Å². The van der Waals surface area contributed by atoms with Crippen LogP contribution in [0.4, 0.5) is 34.1 Å². The van der Waals surface area contributed by atoms with Gasteiger partial charge in [-0.25, -0.2) is 0 Å². The van der Waals surface area contributed by atoms with Crippen molar-refractivity contribution < 1.29 is 0 Å². The number of rotatable bonds is 8. The summed E-state index contributed by atoms with van der Waals surface area (Å²) in [6, 6.07) is 72.4. The van der Waals surface area contributed by atoms with Gasteiger partial charge in [-0.1, -0.05) is 175 Å². The number of fused-ring (bicyclic) bond motifs is 4. The molecule has 0 N–H and O–H groups in total. The van der Waals surface area contributed by atoms with E-state index in [-0.39, 0.29) is 16.2 Å². The molecule has 0 spiro atoms. The van der Waals surface area contributed by atoms with Gasteiger partial charge in [0, 0.05) is 44.7 Å². The van der Waals surface area contributed by atoms with E-state index in [1.165, 1.54) is 86.2 Å². The molecule has 0 saturated heterocycles. The van der Waals surface area contributed by atoms with E-state index in [2.05, 4.69) is 239 Å². The number of para-hydroxylation sites is 2. The van der Waals surface area contributed by atoms with Crippen LogP contribution in [0.3, 0.4) is 0 Å². The molecule has 0 radical (unpaired) electrons. The second-order valence-corrected chi connectivity index (χ2v) is 19.0. The molecule has 0 aromatic heterocycles. The van der Waals surface area contributed by atoms with Gasteiger partial charge in [0.15, 0.2) is 0 Å². The number of hydrogen-bond acceptors (Lipinski definition) is 2. The Morgan fingerprint density at radius 2 is 0.984 bits per heavy atom. The lowest BCUT2D eigenvalue weighted by atomic mass is 9.52. The fraction of sp³-hybridized carbons (Fsp3) is 0.220. The van der Waals surface area contributed by atoms with E-state index < -0.39 is 0 Å². The molecule has 2 aliphatic carbocycles. The van der Waals surface area contributed by atoms with Crippen molar-refractivity contribution >= 4 is 44.9 Å². The molecule has 10 rings (SSSR count). The summed E-state index contributed by atoms with van der Waals surface area (Å²) in [5, 5.41) is 2.49. The molecule has 2 atom stereocenters. The van der Waals surface area contributed by atoms with Crippen LogP contribution in [0.25, 0.3) is 21.9 Å². The summed E-state index contributed by atoms with van der Waals surface area (Å²) in [7, 11) is 0. The molecule has 2 heteroatoms. The maximum Gasteiger partial charge on any atom is 0.0540 e. The van der Waals surface area contributed by atoms with E-state index in [9.17, 15) is 0 Å². The van der Waals surface area contributed by atoms with Crippen LogP contribution in [0, 0.1) is 11.3 Å². The van der Waals surface area contributed by atoms with Gasteiger partial charge in [0.25, 0.3) is 0 Å². The van der Waals surface area contributed by atoms with Gasteiger partial charge >= 0.3 is 0 Å². The van der Waals surface area contributed by atoms with E-state index in [4.69, 9.17) is 0 Å². The van der Waals surface area contributed by atoms with E-state index >= 15 is 0 Å². The topological polar surface area (TPSA) is 6.48 Å². The maximum atomic E-state index is 2.46. The molecule has 302 valence electrons. The summed E-state index contributed by atoms with van der Waals surface area (Å²) in [5.41, 5.74) is 15.2. The molecule has 0 aliphatic heterocycles. The van der Waals surface area contributed by atoms with E-state index in [0.29, 0.717) is 5.92 Å². The summed E-state index contributed by atoms with van der Waals surface area (Å²) in [6.45, 7) is 12.1. The molecule has 8 aromatic carbocycles. The number of hydrogen-bond donors (Lipinski definition) is 0. The SMILES string of the molecule is CC1(C)c2ccccc2-c2ccc(N(c3ccccc3)c3ccc(C4(c5ccc(N(c6ccccc6)c6cccc7ccccc67)cc5)CCCCC4C(C)(C)C)cc3)cc21. The largest absolute Gasteiger partial charge is 0.310 e. The highest BCUT2D eigenvalue weighted by atomic mass is 15.1. The average Bonchev–Trinajstić information content (AvgIpc) is 3.52. The third-order valence-corrected chi connectivity index (χ3v) is 14.1. The zero-order valence-electron chi connectivity index (χ0n) is 36.3. The first kappa shape index (κ1) is 38.8. The van der Waals surface area contributed by atoms with Gasteiger partial charge in [-0.3, -0.25) is 0 Å². The first-order valence-corrected chi connectivity index (χ1v) is 22.3. The van der Waals surface area contributed by atoms with Crippen molar-refractivity contribution in [1.82, 2.24) is 0 Å². The van der Waals surface area contributed by atoms with Crippen molar-refractivity contribution in [1.29, 1.82) is 0 Å². The van der Waals surface area contributed by atoms with Crippen molar-refractivity contribution in [2.24, 2.45) is 11.3 Å². The van der Waals surface area contributed by atoms with Crippen molar-refractivity contribution in [3.63, 3.8) is 0 Å². The first-order valence-electron chi connectivity index (χ1n) is 22.3. The Kier molecular flexibility index (Phi) is 9.71. The molecule has 2 unspecified atom stereocenters. The second-order valence-electron chi connectivity index (χ2n) is 19.0. The fourth-order valence-electron chi connectivity index (χ4n) is 11.3. The number of benzene rings is 8. The Balaban J connectivity index is 1.08. The molecule has 0 heterocycles. The van der Waals surface area contributed by atoms with Crippen LogP contribution in [-0.4, -0.2) is 0 Å². The minimum atomic E-state index is -0.133. The van der Waals surface area contributed by atoms with E-state index in [1.54, 1.807) is 0 Å². The summed E-state index contributed by atoms with van der Waals surface area (Å²) in [5.74, 6) is 0.472. The molecule has 0 amide bonds. The third-order valence-electron chi connectivity index (χ3n) is 14.1. The van der Waals surface area contributed by atoms with Gasteiger partial charge in [0.05, 0.1) is 5.69 Å². The summed E-state index contributed by atoms with van der Waals surface area (Å²) >= 11 is 0. The van der Waals surface area contributed by atoms with E-state index in [1.807, 2.05) is 0 Å². The fourth-order valence-corrected chi connectivity index (χ4v) is 11.3. The molecule has 2 aliphatic rings. The number of anilines is 6. The zero-order valence-corrected chi connectivity index (χ0v) is 36.3. The lowest BCUT2D eigenvalue weighted by Crippen LogP contribution is -2.45. The maximum absolute atomic E-state index is 2.46. The Morgan fingerprint density at radius 3 is 1.66 bits per heavy atom. The quantitative estimate of drug-likeness (QED) is 0.151. The summed E-state index contributed by atoms with van der Waals surface area (Å²) in [6.07, 6.45) is 4.82. The monoisotopic (exact) mass is 792 g/mol. The van der Waals surface area contributed by atoms with Gasteiger partial charge in [-0.05, 0) is 130 Å². The van der Waals surface area contributed by atoms with Crippen molar-refractivity contribution in [2.45, 2.75) is 71.1 Å². The molecule has 8 aromatic rings. The molecule has 1 saturated carbocycles. The van der Waals surface area contributed by atoms with Crippen molar-refractivity contribution in [3.8, 4) is 11.1 Å². The average molecular weight is 793 g/mol. The Morgan fingerprint density at radius 1 is 0.459 bits per heavy atom. The second kappa shape index (κ2) is 15.3. The van der Waals surface area contributed by atoms with Gasteiger partial charge in [-0.2, -0.15) is 0 Å². The lowest BCUT2D eigenvalue weighted by molar-refractivity contribution is 0.100. The Bertz CT molecular complexity index is 2810. The van der Waals surface area contributed by atoms with Gasteiger partial charge in [-0.15, -0.1) is 0 Å². The van der Waals surface area contributed by atoms with Crippen molar-refractivity contribution in [2.75, 3.05) is 9.80 Å². The van der Waals surface area contributed by atoms with Crippen LogP contribution < -0.4 is 9.80 Å². The predicted octanol–water partition coefficient (Wildman–Crippen LogP) is 16.6. The molecular weight excluding hydrogens is 737 g/mol. The van der Waals surface area contributed by atoms with E-state index in [0.717, 1.165) is 17.8 Å². The molecule has 2 nitrogen and oxygen atoms in total. The minimum Gasteiger partial charge on any atom is -0.310 e. The normalized spacial score (nSPS) is 18.0. The van der Waals surface area contributed by atoms with Crippen LogP contribution >= 0.6 is 0 Å². The van der Waals surface area contributed by atoms with Crippen molar-refractivity contribution in [3.05, 3.63) is 216 Å². The predicted molar refractivity (Wildman–Crippen MR) is 260 cm³/mol. The highest BCUT2D eigenvalue weighted by Crippen LogP contribution is 2.56. The van der Waals surface area contributed by atoms with Crippen LogP contribution in [-0.2, 0) is 10.8 Å². The first-order chi connectivity index (χ1) is 29.6. The van der Waals surface area contributed by atoms with Crippen LogP contribution in [0.5, 0.6) is 0 Å². The third kappa shape index (κ3) is 6.65. The van der Waals surface area contributed by atoms with Crippen LogP contribution in [0.1, 0.15) is 82.6 Å². The molecule has 0 bridgehead atoms.